The van der Waals surface area contributed by atoms with Crippen LogP contribution in [0, 0.1) is 24.2 Å². The minimum atomic E-state index is 0.748. The van der Waals surface area contributed by atoms with Crippen LogP contribution in [0.25, 0.3) is 0 Å². The average Bonchev–Trinajstić information content (AvgIpc) is 3.60. The highest BCUT2D eigenvalue weighted by Crippen LogP contribution is 2.41. The number of benzene rings is 1. The molecule has 0 spiro atoms. The van der Waals surface area contributed by atoms with E-state index in [4.69, 9.17) is 6.42 Å². The second-order valence-electron chi connectivity index (χ2n) is 10.3. The summed E-state index contributed by atoms with van der Waals surface area (Å²) in [4.78, 5) is 0. The lowest BCUT2D eigenvalue weighted by molar-refractivity contribution is 0.601. The number of nitrogens with one attached hydrogen (secondary N) is 2. The molecule has 0 aliphatic heterocycles. The number of anilines is 1. The number of rotatable bonds is 13. The summed E-state index contributed by atoms with van der Waals surface area (Å²) < 4.78 is 0. The lowest BCUT2D eigenvalue weighted by Crippen LogP contribution is -2.20. The number of unbranched alkanes of at least 4 members (excludes halogenated alkanes) is 1. The molecule has 204 valence electrons. The Labute approximate surface area is 229 Å². The molecule has 2 nitrogen and oxygen atoms in total. The Morgan fingerprint density at radius 2 is 1.68 bits per heavy atom. The van der Waals surface area contributed by atoms with Crippen LogP contribution in [0.1, 0.15) is 111 Å². The molecule has 0 amide bonds. The van der Waals surface area contributed by atoms with Crippen molar-refractivity contribution in [3.8, 4) is 12.3 Å². The molecule has 1 fully saturated rings. The molecule has 0 heterocycles. The molecule has 0 radical (unpaired) electrons. The van der Waals surface area contributed by atoms with E-state index in [-0.39, 0.29) is 0 Å². The number of aryl methyl sites for hydroxylation is 1. The second-order valence-corrected chi connectivity index (χ2v) is 10.3. The van der Waals surface area contributed by atoms with Gasteiger partial charge in [-0.15, -0.1) is 12.3 Å². The van der Waals surface area contributed by atoms with E-state index < -0.39 is 0 Å². The normalized spacial score (nSPS) is 17.7. The standard InChI is InChI=1S/C30H40N2.C3H8.C2H6/c1-6-10-26-16-17-28(21-29(26)11-7-2)23(4)31-24(5)32-30-18-14-25(15-19-30)12-8-9-13-27-20-22(27)3;1-3-2;1-2/h1,14-15,17-19,22,27,31-32H,4-5,7-13,16,20-21H2,2-3H3;3H2,1-2H3;1-2H3/t22?,27-;;/m0../s1. The molecule has 2 heteroatoms. The summed E-state index contributed by atoms with van der Waals surface area (Å²) in [5.74, 6) is 5.55. The van der Waals surface area contributed by atoms with E-state index in [1.807, 2.05) is 13.8 Å². The van der Waals surface area contributed by atoms with Crippen molar-refractivity contribution in [2.45, 2.75) is 112 Å². The van der Waals surface area contributed by atoms with Crippen molar-refractivity contribution in [1.82, 2.24) is 5.32 Å². The fourth-order valence-corrected chi connectivity index (χ4v) is 4.69. The molecule has 1 aromatic rings. The van der Waals surface area contributed by atoms with Gasteiger partial charge in [0.2, 0.25) is 0 Å². The highest BCUT2D eigenvalue weighted by molar-refractivity contribution is 5.50. The third-order valence-electron chi connectivity index (χ3n) is 6.87. The second kappa shape index (κ2) is 18.6. The summed E-state index contributed by atoms with van der Waals surface area (Å²) in [6.07, 6.45) is 20.6. The van der Waals surface area contributed by atoms with Crippen molar-refractivity contribution in [3.05, 3.63) is 77.3 Å². The van der Waals surface area contributed by atoms with Crippen LogP contribution in [-0.2, 0) is 6.42 Å². The molecular formula is C35H54N2. The zero-order chi connectivity index (χ0) is 27.6. The predicted molar refractivity (Wildman–Crippen MR) is 166 cm³/mol. The van der Waals surface area contributed by atoms with Crippen LogP contribution in [0.2, 0.25) is 0 Å². The van der Waals surface area contributed by atoms with Gasteiger partial charge in [-0.05, 0) is 73.6 Å². The highest BCUT2D eigenvalue weighted by Gasteiger charge is 2.31. The van der Waals surface area contributed by atoms with E-state index in [0.717, 1.165) is 61.1 Å². The lowest BCUT2D eigenvalue weighted by Gasteiger charge is -2.23. The SMILES string of the molecule is C#CCC1=C(CCC)CC(C(=C)NC(=C)Nc2ccc(CCCC[C@H]3CC3C)cc2)=CC1.CC.CCC. The fraction of sp³-hybridized carbons (Fsp3) is 0.543. The van der Waals surface area contributed by atoms with Gasteiger partial charge in [-0.3, -0.25) is 0 Å². The van der Waals surface area contributed by atoms with E-state index in [2.05, 4.69) is 87.7 Å². The first-order valence-corrected chi connectivity index (χ1v) is 14.7. The number of hydrogen-bond acceptors (Lipinski definition) is 2. The number of allylic oxidation sites excluding steroid dienone is 4. The smallest absolute Gasteiger partial charge is 0.100 e. The summed E-state index contributed by atoms with van der Waals surface area (Å²) >= 11 is 0. The zero-order valence-corrected chi connectivity index (χ0v) is 24.8. The molecule has 0 bridgehead atoms. The highest BCUT2D eigenvalue weighted by atomic mass is 15.1. The number of terminal acetylenes is 1. The molecule has 1 aromatic carbocycles. The van der Waals surface area contributed by atoms with Gasteiger partial charge in [0.1, 0.15) is 5.82 Å². The van der Waals surface area contributed by atoms with Gasteiger partial charge in [0.05, 0.1) is 0 Å². The van der Waals surface area contributed by atoms with Crippen LogP contribution in [0.15, 0.2) is 71.7 Å². The van der Waals surface area contributed by atoms with Crippen molar-refractivity contribution in [2.75, 3.05) is 5.32 Å². The molecule has 3 rings (SSSR count). The van der Waals surface area contributed by atoms with Crippen LogP contribution in [0.4, 0.5) is 5.69 Å². The van der Waals surface area contributed by atoms with Gasteiger partial charge in [-0.2, -0.15) is 0 Å². The molecule has 2 aliphatic rings. The molecule has 1 unspecified atom stereocenters. The molecular weight excluding hydrogens is 448 g/mol. The zero-order valence-electron chi connectivity index (χ0n) is 24.8. The van der Waals surface area contributed by atoms with Gasteiger partial charge in [-0.1, -0.05) is 110 Å². The summed E-state index contributed by atoms with van der Waals surface area (Å²) in [5.41, 5.74) is 7.50. The third-order valence-corrected chi connectivity index (χ3v) is 6.87. The maximum Gasteiger partial charge on any atom is 0.100 e. The monoisotopic (exact) mass is 502 g/mol. The lowest BCUT2D eigenvalue weighted by atomic mass is 9.86. The molecule has 2 aliphatic carbocycles. The largest absolute Gasteiger partial charge is 0.343 e. The van der Waals surface area contributed by atoms with Crippen LogP contribution in [0.5, 0.6) is 0 Å². The molecule has 1 saturated carbocycles. The van der Waals surface area contributed by atoms with Crippen LogP contribution < -0.4 is 10.6 Å². The Hall–Kier alpha value is -2.66. The predicted octanol–water partition coefficient (Wildman–Crippen LogP) is 10.3. The van der Waals surface area contributed by atoms with E-state index in [1.165, 1.54) is 60.8 Å². The Morgan fingerprint density at radius 3 is 2.24 bits per heavy atom. The molecule has 37 heavy (non-hydrogen) atoms. The number of hydrogen-bond donors (Lipinski definition) is 2. The molecule has 0 aromatic heterocycles. The Balaban J connectivity index is 0.00000127. The van der Waals surface area contributed by atoms with Gasteiger partial charge in [-0.25, -0.2) is 0 Å². The quantitative estimate of drug-likeness (QED) is 0.159. The molecule has 0 saturated heterocycles. The van der Waals surface area contributed by atoms with Crippen molar-refractivity contribution in [3.63, 3.8) is 0 Å². The Bertz CT molecular complexity index is 923. The minimum absolute atomic E-state index is 0.748. The van der Waals surface area contributed by atoms with Gasteiger partial charge >= 0.3 is 0 Å². The van der Waals surface area contributed by atoms with Crippen molar-refractivity contribution in [1.29, 1.82) is 0 Å². The maximum absolute atomic E-state index is 5.55. The van der Waals surface area contributed by atoms with Crippen LogP contribution >= 0.6 is 0 Å². The first-order chi connectivity index (χ1) is 17.9. The fourth-order valence-electron chi connectivity index (χ4n) is 4.69. The van der Waals surface area contributed by atoms with Crippen molar-refractivity contribution < 1.29 is 0 Å². The van der Waals surface area contributed by atoms with Gasteiger partial charge in [0.25, 0.3) is 0 Å². The van der Waals surface area contributed by atoms with Crippen molar-refractivity contribution >= 4 is 5.69 Å². The first kappa shape index (κ1) is 32.4. The Kier molecular flexibility index (Phi) is 16.2. The van der Waals surface area contributed by atoms with Gasteiger partial charge < -0.3 is 10.6 Å². The van der Waals surface area contributed by atoms with Crippen molar-refractivity contribution in [2.24, 2.45) is 11.8 Å². The maximum atomic E-state index is 5.55. The average molecular weight is 503 g/mol. The van der Waals surface area contributed by atoms with Gasteiger partial charge in [0, 0.05) is 17.8 Å². The topological polar surface area (TPSA) is 24.1 Å². The summed E-state index contributed by atoms with van der Waals surface area (Å²) in [5, 5.41) is 6.72. The van der Waals surface area contributed by atoms with Gasteiger partial charge in [0.15, 0.2) is 0 Å². The first-order valence-electron chi connectivity index (χ1n) is 14.7. The third kappa shape index (κ3) is 12.4. The summed E-state index contributed by atoms with van der Waals surface area (Å²) in [7, 11) is 0. The Morgan fingerprint density at radius 1 is 1.03 bits per heavy atom. The summed E-state index contributed by atoms with van der Waals surface area (Å²) in [6.45, 7) is 21.2. The van der Waals surface area contributed by atoms with E-state index in [0.29, 0.717) is 0 Å². The van der Waals surface area contributed by atoms with E-state index in [9.17, 15) is 0 Å². The molecule has 2 N–H and O–H groups in total. The molecule has 2 atom stereocenters. The van der Waals surface area contributed by atoms with Crippen LogP contribution in [-0.4, -0.2) is 0 Å². The van der Waals surface area contributed by atoms with E-state index >= 15 is 0 Å². The summed E-state index contributed by atoms with van der Waals surface area (Å²) in [6, 6.07) is 8.73. The van der Waals surface area contributed by atoms with Crippen LogP contribution in [0.3, 0.4) is 0 Å². The minimum Gasteiger partial charge on any atom is -0.343 e. The van der Waals surface area contributed by atoms with E-state index in [1.54, 1.807) is 0 Å².